The van der Waals surface area contributed by atoms with Gasteiger partial charge in [-0.05, 0) is 98.3 Å². The van der Waals surface area contributed by atoms with E-state index in [4.69, 9.17) is 14.6 Å². The lowest BCUT2D eigenvalue weighted by Gasteiger charge is -2.23. The Labute approximate surface area is 271 Å². The van der Waals surface area contributed by atoms with Gasteiger partial charge in [-0.2, -0.15) is 10.1 Å². The topological polar surface area (TPSA) is 128 Å². The third kappa shape index (κ3) is 7.86. The van der Waals surface area contributed by atoms with E-state index in [9.17, 15) is 14.4 Å². The van der Waals surface area contributed by atoms with Crippen LogP contribution in [0.3, 0.4) is 0 Å². The molecular weight excluding hydrogens is 584 g/mol. The maximum absolute atomic E-state index is 13.1. The summed E-state index contributed by atoms with van der Waals surface area (Å²) in [7, 11) is 0. The number of carbonyl (C=O) groups excluding carboxylic acids is 3. The number of carbonyl (C=O) groups is 3. The highest BCUT2D eigenvalue weighted by atomic mass is 16.6. The first-order valence-corrected chi connectivity index (χ1v) is 16.2. The van der Waals surface area contributed by atoms with Crippen LogP contribution in [0.4, 0.5) is 16.4 Å². The number of nitrogens with zero attached hydrogens (tertiary/aromatic N) is 4. The zero-order valence-electron chi connectivity index (χ0n) is 27.8. The Morgan fingerprint density at radius 2 is 1.65 bits per heavy atom. The van der Waals surface area contributed by atoms with Crippen molar-refractivity contribution in [3.8, 4) is 5.88 Å². The minimum Gasteiger partial charge on any atom is -0.478 e. The second kappa shape index (κ2) is 13.5. The Balaban J connectivity index is 1.16. The monoisotopic (exact) mass is 630 g/mol. The molecule has 2 aromatic heterocycles. The lowest BCUT2D eigenvalue weighted by molar-refractivity contribution is 0.0524. The molecule has 2 aliphatic rings. The zero-order valence-corrected chi connectivity index (χ0v) is 27.8. The lowest BCUT2D eigenvalue weighted by atomic mass is 10.0. The molecule has 3 amide bonds. The van der Waals surface area contributed by atoms with Crippen molar-refractivity contribution in [1.82, 2.24) is 25.0 Å². The Bertz CT molecular complexity index is 1530. The zero-order chi connectivity index (χ0) is 33.1. The lowest BCUT2D eigenvalue weighted by Crippen LogP contribution is -2.38. The van der Waals surface area contributed by atoms with E-state index < -0.39 is 11.7 Å². The van der Waals surface area contributed by atoms with Crippen LogP contribution >= 0.6 is 0 Å². The molecule has 5 rings (SSSR count). The summed E-state index contributed by atoms with van der Waals surface area (Å²) in [5.74, 6) is 1.72. The molecule has 1 aliphatic heterocycles. The fourth-order valence-electron chi connectivity index (χ4n) is 5.98. The Morgan fingerprint density at radius 3 is 2.33 bits per heavy atom. The summed E-state index contributed by atoms with van der Waals surface area (Å²) in [5, 5.41) is 11.2. The van der Waals surface area contributed by atoms with Crippen molar-refractivity contribution in [3.05, 3.63) is 65.4 Å². The Hall–Kier alpha value is -4.41. The van der Waals surface area contributed by atoms with Gasteiger partial charge in [0.1, 0.15) is 17.2 Å². The standard InChI is InChI=1S/C35H46N6O5/c1-34(2,3)41-29(37-28-15-12-16-30(38-28)45-20-11-7-10-19-36-33(44)46-35(4,5)6)22-27(39-41)23-17-18-24(21-23)40-31(42)25-13-8-9-14-26(25)32(40)43/h8-9,12-16,22-24H,7,10-11,17-21H2,1-6H3,(H,36,44)(H,37,38)/t23-,24?/m0/s1. The number of fused-ring (bicyclic) bond motifs is 1. The first-order chi connectivity index (χ1) is 21.8. The van der Waals surface area contributed by atoms with Gasteiger partial charge < -0.3 is 20.1 Å². The van der Waals surface area contributed by atoms with Crippen LogP contribution in [0, 0.1) is 0 Å². The second-order valence-corrected chi connectivity index (χ2v) is 14.1. The normalized spacial score (nSPS) is 18.1. The van der Waals surface area contributed by atoms with Gasteiger partial charge in [-0.3, -0.25) is 14.5 Å². The minimum absolute atomic E-state index is 0.125. The highest BCUT2D eigenvalue weighted by Crippen LogP contribution is 2.40. The van der Waals surface area contributed by atoms with Crippen molar-refractivity contribution in [2.24, 2.45) is 0 Å². The average Bonchev–Trinajstić information content (AvgIpc) is 3.69. The number of imide groups is 1. The van der Waals surface area contributed by atoms with Crippen molar-refractivity contribution >= 4 is 29.5 Å². The number of ether oxygens (including phenoxy) is 2. The van der Waals surface area contributed by atoms with Crippen molar-refractivity contribution in [2.75, 3.05) is 18.5 Å². The van der Waals surface area contributed by atoms with E-state index in [1.165, 1.54) is 4.90 Å². The molecular formula is C35H46N6O5. The van der Waals surface area contributed by atoms with E-state index in [1.54, 1.807) is 24.3 Å². The number of unbranched alkanes of at least 4 members (excludes halogenated alkanes) is 2. The molecule has 0 bridgehead atoms. The molecule has 2 atom stereocenters. The summed E-state index contributed by atoms with van der Waals surface area (Å²) in [6.45, 7) is 12.9. The van der Waals surface area contributed by atoms with E-state index in [-0.39, 0.29) is 29.3 Å². The van der Waals surface area contributed by atoms with Crippen molar-refractivity contribution in [3.63, 3.8) is 0 Å². The number of anilines is 2. The molecule has 246 valence electrons. The number of hydrogen-bond donors (Lipinski definition) is 2. The molecule has 1 unspecified atom stereocenters. The number of alkyl carbamates (subject to hydrolysis) is 1. The summed E-state index contributed by atoms with van der Waals surface area (Å²) >= 11 is 0. The number of pyridine rings is 1. The van der Waals surface area contributed by atoms with Gasteiger partial charge in [-0.25, -0.2) is 9.48 Å². The summed E-state index contributed by atoms with van der Waals surface area (Å²) < 4.78 is 13.1. The van der Waals surface area contributed by atoms with Crippen LogP contribution in [-0.4, -0.2) is 62.4 Å². The van der Waals surface area contributed by atoms with Gasteiger partial charge >= 0.3 is 6.09 Å². The van der Waals surface area contributed by atoms with Gasteiger partial charge in [-0.15, -0.1) is 0 Å². The molecule has 46 heavy (non-hydrogen) atoms. The molecule has 0 saturated heterocycles. The van der Waals surface area contributed by atoms with Gasteiger partial charge in [0, 0.05) is 30.6 Å². The van der Waals surface area contributed by atoms with Crippen LogP contribution in [0.15, 0.2) is 48.5 Å². The largest absolute Gasteiger partial charge is 0.478 e. The summed E-state index contributed by atoms with van der Waals surface area (Å²) in [6, 6.07) is 14.6. The number of hydrogen-bond acceptors (Lipinski definition) is 8. The smallest absolute Gasteiger partial charge is 0.407 e. The van der Waals surface area contributed by atoms with Crippen LogP contribution < -0.4 is 15.4 Å². The third-order valence-corrected chi connectivity index (χ3v) is 8.10. The second-order valence-electron chi connectivity index (χ2n) is 14.1. The first-order valence-electron chi connectivity index (χ1n) is 16.2. The van der Waals surface area contributed by atoms with Gasteiger partial charge in [0.2, 0.25) is 5.88 Å². The fraction of sp³-hybridized carbons (Fsp3) is 0.514. The van der Waals surface area contributed by atoms with Crippen LogP contribution in [0.25, 0.3) is 0 Å². The molecule has 11 heteroatoms. The van der Waals surface area contributed by atoms with Crippen molar-refractivity contribution in [2.45, 2.75) is 103 Å². The van der Waals surface area contributed by atoms with E-state index >= 15 is 0 Å². The van der Waals surface area contributed by atoms with E-state index in [0.29, 0.717) is 42.4 Å². The number of rotatable bonds is 11. The molecule has 0 spiro atoms. The van der Waals surface area contributed by atoms with E-state index in [1.807, 2.05) is 43.7 Å². The molecule has 0 radical (unpaired) electrons. The SMILES string of the molecule is CC(C)(C)OC(=O)NCCCCCOc1cccc(Nc2cc([C@H]3CCC(N4C(=O)c5ccccc5C4=O)C3)nn2C(C)(C)C)n1. The summed E-state index contributed by atoms with van der Waals surface area (Å²) in [4.78, 5) is 44.0. The molecule has 11 nitrogen and oxygen atoms in total. The molecule has 1 aromatic carbocycles. The third-order valence-electron chi connectivity index (χ3n) is 8.10. The molecule has 2 N–H and O–H groups in total. The quantitative estimate of drug-likeness (QED) is 0.175. The Morgan fingerprint density at radius 1 is 0.935 bits per heavy atom. The average molecular weight is 631 g/mol. The summed E-state index contributed by atoms with van der Waals surface area (Å²) in [6.07, 6.45) is 4.45. The molecule has 3 aromatic rings. The fourth-order valence-corrected chi connectivity index (χ4v) is 5.98. The first kappa shape index (κ1) is 33.0. The van der Waals surface area contributed by atoms with Crippen LogP contribution in [0.5, 0.6) is 5.88 Å². The highest BCUT2D eigenvalue weighted by molar-refractivity contribution is 6.21. The predicted octanol–water partition coefficient (Wildman–Crippen LogP) is 6.78. The molecule has 1 saturated carbocycles. The predicted molar refractivity (Wildman–Crippen MR) is 176 cm³/mol. The van der Waals surface area contributed by atoms with Gasteiger partial charge in [0.25, 0.3) is 11.8 Å². The van der Waals surface area contributed by atoms with Crippen molar-refractivity contribution < 1.29 is 23.9 Å². The number of aromatic nitrogens is 3. The van der Waals surface area contributed by atoms with Crippen LogP contribution in [0.1, 0.15) is 112 Å². The highest BCUT2D eigenvalue weighted by Gasteiger charge is 2.43. The number of amides is 3. The van der Waals surface area contributed by atoms with E-state index in [0.717, 1.165) is 43.6 Å². The van der Waals surface area contributed by atoms with Gasteiger partial charge in [-0.1, -0.05) is 18.2 Å². The Kier molecular flexibility index (Phi) is 9.69. The van der Waals surface area contributed by atoms with E-state index in [2.05, 4.69) is 42.5 Å². The van der Waals surface area contributed by atoms with Gasteiger partial charge in [0.15, 0.2) is 0 Å². The summed E-state index contributed by atoms with van der Waals surface area (Å²) in [5.41, 5.74) is 1.12. The van der Waals surface area contributed by atoms with Gasteiger partial charge in [0.05, 0.1) is 29.0 Å². The maximum Gasteiger partial charge on any atom is 0.407 e. The van der Waals surface area contributed by atoms with Crippen LogP contribution in [0.2, 0.25) is 0 Å². The number of benzene rings is 1. The number of nitrogens with one attached hydrogen (secondary N) is 2. The van der Waals surface area contributed by atoms with Crippen LogP contribution in [-0.2, 0) is 10.3 Å². The molecule has 1 aliphatic carbocycles. The minimum atomic E-state index is -0.505. The molecule has 1 fully saturated rings. The molecule has 3 heterocycles. The maximum atomic E-state index is 13.1. The van der Waals surface area contributed by atoms with Crippen molar-refractivity contribution in [1.29, 1.82) is 0 Å².